The minimum atomic E-state index is -0.917. The molecule has 5 nitrogen and oxygen atoms in total. The quantitative estimate of drug-likeness (QED) is 0.897. The molecule has 1 aromatic carbocycles. The second-order valence-corrected chi connectivity index (χ2v) is 6.70. The molecule has 1 fully saturated rings. The van der Waals surface area contributed by atoms with E-state index in [0.717, 1.165) is 38.0 Å². The van der Waals surface area contributed by atoms with Gasteiger partial charge in [0.25, 0.3) is 0 Å². The van der Waals surface area contributed by atoms with Crippen LogP contribution in [0, 0.1) is 0 Å². The maximum absolute atomic E-state index is 11.1. The van der Waals surface area contributed by atoms with E-state index >= 15 is 0 Å². The van der Waals surface area contributed by atoms with Crippen LogP contribution in [0.5, 0.6) is 0 Å². The van der Waals surface area contributed by atoms with Gasteiger partial charge in [-0.15, -0.1) is 0 Å². The first-order valence-electron chi connectivity index (χ1n) is 8.33. The predicted octanol–water partition coefficient (Wildman–Crippen LogP) is 3.63. The third-order valence-electron chi connectivity index (χ3n) is 4.72. The maximum Gasteiger partial charge on any atom is 0.335 e. The van der Waals surface area contributed by atoms with Crippen LogP contribution in [0.15, 0.2) is 30.6 Å². The lowest BCUT2D eigenvalue weighted by Gasteiger charge is -2.31. The van der Waals surface area contributed by atoms with Crippen molar-refractivity contribution in [3.05, 3.63) is 52.3 Å². The van der Waals surface area contributed by atoms with E-state index in [4.69, 9.17) is 16.7 Å². The minimum Gasteiger partial charge on any atom is -0.478 e. The van der Waals surface area contributed by atoms with E-state index in [1.807, 2.05) is 10.9 Å². The molecule has 6 heteroatoms. The average Bonchev–Trinajstić information content (AvgIpc) is 3.06. The Labute approximate surface area is 146 Å². The fourth-order valence-electron chi connectivity index (χ4n) is 3.26. The van der Waals surface area contributed by atoms with Crippen LogP contribution in [0.3, 0.4) is 0 Å². The second-order valence-electron chi connectivity index (χ2n) is 6.29. The Morgan fingerprint density at radius 1 is 1.38 bits per heavy atom. The summed E-state index contributed by atoms with van der Waals surface area (Å²) >= 11 is 6.23. The van der Waals surface area contributed by atoms with Crippen LogP contribution in [0.1, 0.15) is 47.2 Å². The number of halogens is 1. The fourth-order valence-corrected chi connectivity index (χ4v) is 3.43. The Morgan fingerprint density at radius 3 is 2.75 bits per heavy atom. The molecule has 0 radical (unpaired) electrons. The molecule has 1 saturated heterocycles. The smallest absolute Gasteiger partial charge is 0.335 e. The van der Waals surface area contributed by atoms with Crippen molar-refractivity contribution in [2.75, 3.05) is 13.1 Å². The summed E-state index contributed by atoms with van der Waals surface area (Å²) in [4.78, 5) is 13.5. The van der Waals surface area contributed by atoms with E-state index in [9.17, 15) is 4.79 Å². The van der Waals surface area contributed by atoms with Gasteiger partial charge in [0.05, 0.1) is 11.8 Å². The molecule has 24 heavy (non-hydrogen) atoms. The number of hydrogen-bond acceptors (Lipinski definition) is 3. The van der Waals surface area contributed by atoms with Gasteiger partial charge in [-0.2, -0.15) is 5.10 Å². The van der Waals surface area contributed by atoms with Gasteiger partial charge < -0.3 is 5.11 Å². The lowest BCUT2D eigenvalue weighted by atomic mass is 9.91. The van der Waals surface area contributed by atoms with Crippen molar-refractivity contribution in [1.82, 2.24) is 14.7 Å². The molecule has 1 aliphatic heterocycles. The average molecular weight is 348 g/mol. The van der Waals surface area contributed by atoms with Gasteiger partial charge in [-0.1, -0.05) is 11.6 Å². The number of piperidine rings is 1. The summed E-state index contributed by atoms with van der Waals surface area (Å²) < 4.78 is 1.97. The SMILES string of the molecule is CCn1cc(C2CCN(Cc3cc(C(=O)O)ccc3Cl)CC2)cn1. The van der Waals surface area contributed by atoms with Gasteiger partial charge in [0.2, 0.25) is 0 Å². The molecule has 1 aromatic heterocycles. The lowest BCUT2D eigenvalue weighted by Crippen LogP contribution is -2.32. The number of carboxylic acids is 1. The molecule has 3 rings (SSSR count). The van der Waals surface area contributed by atoms with E-state index < -0.39 is 5.97 Å². The molecule has 2 aromatic rings. The first kappa shape index (κ1) is 17.0. The van der Waals surface area contributed by atoms with Crippen molar-refractivity contribution >= 4 is 17.6 Å². The highest BCUT2D eigenvalue weighted by Crippen LogP contribution is 2.29. The number of carboxylic acid groups (broad SMARTS) is 1. The van der Waals surface area contributed by atoms with Gasteiger partial charge in [-0.05, 0) is 68.1 Å². The number of rotatable bonds is 5. The van der Waals surface area contributed by atoms with Crippen LogP contribution in [-0.2, 0) is 13.1 Å². The Kier molecular flexibility index (Phi) is 5.21. The van der Waals surface area contributed by atoms with Crippen LogP contribution >= 0.6 is 11.6 Å². The van der Waals surface area contributed by atoms with Crippen LogP contribution < -0.4 is 0 Å². The molecule has 0 saturated carbocycles. The van der Waals surface area contributed by atoms with Crippen LogP contribution in [-0.4, -0.2) is 38.8 Å². The minimum absolute atomic E-state index is 0.288. The molecule has 0 atom stereocenters. The summed E-state index contributed by atoms with van der Waals surface area (Å²) in [5.74, 6) is -0.359. The molecule has 1 aliphatic rings. The maximum atomic E-state index is 11.1. The number of likely N-dealkylation sites (tertiary alicyclic amines) is 1. The Morgan fingerprint density at radius 2 is 2.12 bits per heavy atom. The van der Waals surface area contributed by atoms with Crippen LogP contribution in [0.2, 0.25) is 5.02 Å². The van der Waals surface area contributed by atoms with E-state index in [2.05, 4.69) is 23.1 Å². The Balaban J connectivity index is 1.61. The molecule has 0 amide bonds. The summed E-state index contributed by atoms with van der Waals surface area (Å²) in [6.07, 6.45) is 6.31. The molecular weight excluding hydrogens is 326 g/mol. The van der Waals surface area contributed by atoms with Gasteiger partial charge in [0, 0.05) is 24.3 Å². The molecule has 0 aliphatic carbocycles. The molecule has 1 N–H and O–H groups in total. The topological polar surface area (TPSA) is 58.4 Å². The first-order chi connectivity index (χ1) is 11.6. The standard InChI is InChI=1S/C18H22ClN3O2/c1-2-22-12-16(10-20-22)13-5-7-21(8-6-13)11-15-9-14(18(23)24)3-4-17(15)19/h3-4,9-10,12-13H,2,5-8,11H2,1H3,(H,23,24). The van der Waals surface area contributed by atoms with E-state index in [-0.39, 0.29) is 5.56 Å². The van der Waals surface area contributed by atoms with Crippen LogP contribution in [0.25, 0.3) is 0 Å². The van der Waals surface area contributed by atoms with E-state index in [0.29, 0.717) is 17.5 Å². The number of benzene rings is 1. The molecule has 0 unspecified atom stereocenters. The summed E-state index contributed by atoms with van der Waals surface area (Å²) in [7, 11) is 0. The zero-order chi connectivity index (χ0) is 17.1. The van der Waals surface area contributed by atoms with Gasteiger partial charge in [0.1, 0.15) is 0 Å². The zero-order valence-corrected chi connectivity index (χ0v) is 14.5. The monoisotopic (exact) mass is 347 g/mol. The number of aromatic nitrogens is 2. The van der Waals surface area contributed by atoms with Crippen molar-refractivity contribution in [2.45, 2.75) is 38.8 Å². The lowest BCUT2D eigenvalue weighted by molar-refractivity contribution is 0.0696. The fraction of sp³-hybridized carbons (Fsp3) is 0.444. The van der Waals surface area contributed by atoms with Crippen molar-refractivity contribution in [3.8, 4) is 0 Å². The summed E-state index contributed by atoms with van der Waals surface area (Å²) in [5, 5.41) is 14.1. The van der Waals surface area contributed by atoms with Gasteiger partial charge in [-0.3, -0.25) is 9.58 Å². The van der Waals surface area contributed by atoms with Crippen molar-refractivity contribution in [2.24, 2.45) is 0 Å². The van der Waals surface area contributed by atoms with Crippen molar-refractivity contribution < 1.29 is 9.90 Å². The third-order valence-corrected chi connectivity index (χ3v) is 5.09. The van der Waals surface area contributed by atoms with Gasteiger partial charge in [0.15, 0.2) is 0 Å². The highest BCUT2D eigenvalue weighted by atomic mass is 35.5. The molecule has 2 heterocycles. The second kappa shape index (κ2) is 7.36. The Hall–Kier alpha value is -1.85. The molecule has 0 spiro atoms. The largest absolute Gasteiger partial charge is 0.478 e. The summed E-state index contributed by atoms with van der Waals surface area (Å²) in [6.45, 7) is 5.65. The summed E-state index contributed by atoms with van der Waals surface area (Å²) in [5.41, 5.74) is 2.49. The van der Waals surface area contributed by atoms with Crippen LogP contribution in [0.4, 0.5) is 0 Å². The van der Waals surface area contributed by atoms with Crippen molar-refractivity contribution in [3.63, 3.8) is 0 Å². The zero-order valence-electron chi connectivity index (χ0n) is 13.8. The summed E-state index contributed by atoms with van der Waals surface area (Å²) in [6, 6.07) is 4.90. The highest BCUT2D eigenvalue weighted by Gasteiger charge is 2.22. The Bertz CT molecular complexity index is 721. The predicted molar refractivity (Wildman–Crippen MR) is 93.6 cm³/mol. The number of aromatic carboxylic acids is 1. The number of carbonyl (C=O) groups is 1. The van der Waals surface area contributed by atoms with Gasteiger partial charge >= 0.3 is 5.97 Å². The first-order valence-corrected chi connectivity index (χ1v) is 8.71. The molecule has 128 valence electrons. The van der Waals surface area contributed by atoms with E-state index in [1.54, 1.807) is 18.2 Å². The normalized spacial score (nSPS) is 16.4. The van der Waals surface area contributed by atoms with E-state index in [1.165, 1.54) is 5.56 Å². The number of nitrogens with zero attached hydrogens (tertiary/aromatic N) is 3. The number of hydrogen-bond donors (Lipinski definition) is 1. The third kappa shape index (κ3) is 3.79. The van der Waals surface area contributed by atoms with Crippen molar-refractivity contribution in [1.29, 1.82) is 0 Å². The molecular formula is C18H22ClN3O2. The highest BCUT2D eigenvalue weighted by molar-refractivity contribution is 6.31. The molecule has 0 bridgehead atoms. The number of aryl methyl sites for hydroxylation is 1. The van der Waals surface area contributed by atoms with Gasteiger partial charge in [-0.25, -0.2) is 4.79 Å².